The van der Waals surface area contributed by atoms with E-state index in [1.165, 1.54) is 29.5 Å². The summed E-state index contributed by atoms with van der Waals surface area (Å²) in [5, 5.41) is 3.60. The molecule has 1 aliphatic carbocycles. The van der Waals surface area contributed by atoms with E-state index in [4.69, 9.17) is 0 Å². The molecule has 1 saturated carbocycles. The fourth-order valence-electron chi connectivity index (χ4n) is 2.03. The average Bonchev–Trinajstić information content (AvgIpc) is 3.02. The molecule has 1 aromatic carbocycles. The van der Waals surface area contributed by atoms with Crippen LogP contribution in [0.4, 0.5) is 0 Å². The van der Waals surface area contributed by atoms with E-state index in [-0.39, 0.29) is 0 Å². The van der Waals surface area contributed by atoms with Gasteiger partial charge in [-0.1, -0.05) is 30.7 Å². The van der Waals surface area contributed by atoms with E-state index in [9.17, 15) is 0 Å². The molecule has 0 aromatic heterocycles. The Morgan fingerprint density at radius 3 is 2.73 bits per heavy atom. The molecule has 2 rings (SSSR count). The maximum atomic E-state index is 3.60. The number of aryl methyl sites for hydroxylation is 2. The minimum atomic E-state index is 0.630. The molecular weight excluding hydrogens is 182 g/mol. The lowest BCUT2D eigenvalue weighted by Crippen LogP contribution is -2.22. The molecule has 0 radical (unpaired) electrons. The maximum absolute atomic E-state index is 3.60. The lowest BCUT2D eigenvalue weighted by molar-refractivity contribution is 0.610. The monoisotopic (exact) mass is 203 g/mol. The van der Waals surface area contributed by atoms with Gasteiger partial charge >= 0.3 is 0 Å². The molecule has 0 spiro atoms. The summed E-state index contributed by atoms with van der Waals surface area (Å²) in [6.07, 6.45) is 2.75. The molecule has 0 aliphatic heterocycles. The van der Waals surface area contributed by atoms with Crippen molar-refractivity contribution in [2.24, 2.45) is 0 Å². The van der Waals surface area contributed by atoms with Crippen molar-refractivity contribution >= 4 is 0 Å². The second-order valence-corrected chi connectivity index (χ2v) is 4.94. The molecule has 1 N–H and O–H groups in total. The summed E-state index contributed by atoms with van der Waals surface area (Å²) < 4.78 is 0. The van der Waals surface area contributed by atoms with Crippen LogP contribution in [-0.4, -0.2) is 12.6 Å². The second-order valence-electron chi connectivity index (χ2n) is 4.94. The smallest absolute Gasteiger partial charge is 0.00684 e. The molecule has 1 aliphatic rings. The number of hydrogen-bond donors (Lipinski definition) is 1. The molecule has 15 heavy (non-hydrogen) atoms. The van der Waals surface area contributed by atoms with Crippen molar-refractivity contribution in [3.63, 3.8) is 0 Å². The highest BCUT2D eigenvalue weighted by Crippen LogP contribution is 2.23. The Hall–Kier alpha value is -0.820. The predicted molar refractivity (Wildman–Crippen MR) is 65.4 cm³/mol. The minimum absolute atomic E-state index is 0.630. The first kappa shape index (κ1) is 10.7. The average molecular weight is 203 g/mol. The van der Waals surface area contributed by atoms with Crippen LogP contribution < -0.4 is 5.32 Å². The van der Waals surface area contributed by atoms with Crippen LogP contribution in [0, 0.1) is 13.8 Å². The molecule has 1 heteroatoms. The van der Waals surface area contributed by atoms with Crippen molar-refractivity contribution in [3.05, 3.63) is 34.9 Å². The van der Waals surface area contributed by atoms with Gasteiger partial charge in [-0.3, -0.25) is 0 Å². The van der Waals surface area contributed by atoms with E-state index in [0.29, 0.717) is 5.92 Å². The van der Waals surface area contributed by atoms with Crippen LogP contribution in [0.5, 0.6) is 0 Å². The number of hydrogen-bond acceptors (Lipinski definition) is 1. The summed E-state index contributed by atoms with van der Waals surface area (Å²) in [6, 6.07) is 7.57. The van der Waals surface area contributed by atoms with Gasteiger partial charge in [-0.25, -0.2) is 0 Å². The van der Waals surface area contributed by atoms with Crippen molar-refractivity contribution in [1.29, 1.82) is 0 Å². The largest absolute Gasteiger partial charge is 0.313 e. The van der Waals surface area contributed by atoms with E-state index in [1.807, 2.05) is 0 Å². The first-order chi connectivity index (χ1) is 7.16. The van der Waals surface area contributed by atoms with Crippen molar-refractivity contribution in [2.75, 3.05) is 6.54 Å². The Balaban J connectivity index is 2.02. The van der Waals surface area contributed by atoms with Crippen LogP contribution in [0.1, 0.15) is 42.4 Å². The van der Waals surface area contributed by atoms with E-state index < -0.39 is 0 Å². The third kappa shape index (κ3) is 2.82. The van der Waals surface area contributed by atoms with E-state index >= 15 is 0 Å². The van der Waals surface area contributed by atoms with Crippen molar-refractivity contribution in [3.8, 4) is 0 Å². The van der Waals surface area contributed by atoms with Gasteiger partial charge in [0.2, 0.25) is 0 Å². The summed E-state index contributed by atoms with van der Waals surface area (Å²) >= 11 is 0. The predicted octanol–water partition coefficient (Wildman–Crippen LogP) is 3.16. The molecular formula is C14H21N. The van der Waals surface area contributed by atoms with Gasteiger partial charge in [0.1, 0.15) is 0 Å². The van der Waals surface area contributed by atoms with Gasteiger partial charge in [0, 0.05) is 12.6 Å². The van der Waals surface area contributed by atoms with Crippen LogP contribution in [0.3, 0.4) is 0 Å². The molecule has 1 atom stereocenters. The van der Waals surface area contributed by atoms with Crippen molar-refractivity contribution in [2.45, 2.75) is 45.6 Å². The second kappa shape index (κ2) is 4.36. The van der Waals surface area contributed by atoms with Gasteiger partial charge in [0.15, 0.2) is 0 Å². The highest BCUT2D eigenvalue weighted by atomic mass is 14.9. The van der Waals surface area contributed by atoms with Crippen molar-refractivity contribution < 1.29 is 0 Å². The molecule has 1 nitrogen and oxygen atoms in total. The van der Waals surface area contributed by atoms with Crippen molar-refractivity contribution in [1.82, 2.24) is 5.32 Å². The van der Waals surface area contributed by atoms with Crippen LogP contribution in [-0.2, 0) is 0 Å². The highest BCUT2D eigenvalue weighted by molar-refractivity contribution is 5.33. The standard InChI is InChI=1S/C14H21N/c1-10-4-5-11(2)14(8-10)12(3)9-15-13-6-7-13/h4-5,8,12-13,15H,6-7,9H2,1-3H3. The maximum Gasteiger partial charge on any atom is 0.00684 e. The normalized spacial score (nSPS) is 17.8. The molecule has 0 saturated heterocycles. The third-order valence-electron chi connectivity index (χ3n) is 3.26. The minimum Gasteiger partial charge on any atom is -0.313 e. The number of benzene rings is 1. The van der Waals surface area contributed by atoms with Crippen LogP contribution in [0.2, 0.25) is 0 Å². The van der Waals surface area contributed by atoms with E-state index in [1.54, 1.807) is 0 Å². The highest BCUT2D eigenvalue weighted by Gasteiger charge is 2.21. The summed E-state index contributed by atoms with van der Waals surface area (Å²) in [6.45, 7) is 7.82. The zero-order chi connectivity index (χ0) is 10.8. The van der Waals surface area contributed by atoms with Gasteiger partial charge in [-0.15, -0.1) is 0 Å². The van der Waals surface area contributed by atoms with Gasteiger partial charge < -0.3 is 5.32 Å². The van der Waals surface area contributed by atoms with Crippen LogP contribution in [0.25, 0.3) is 0 Å². The lowest BCUT2D eigenvalue weighted by Gasteiger charge is -2.16. The molecule has 1 unspecified atom stereocenters. The molecule has 0 heterocycles. The molecule has 0 amide bonds. The van der Waals surface area contributed by atoms with Gasteiger partial charge in [-0.05, 0) is 43.7 Å². The quantitative estimate of drug-likeness (QED) is 0.792. The topological polar surface area (TPSA) is 12.0 Å². The zero-order valence-corrected chi connectivity index (χ0v) is 10.0. The summed E-state index contributed by atoms with van der Waals surface area (Å²) in [5.41, 5.74) is 4.29. The molecule has 0 bridgehead atoms. The molecule has 1 aromatic rings. The Morgan fingerprint density at radius 1 is 1.33 bits per heavy atom. The summed E-state index contributed by atoms with van der Waals surface area (Å²) in [4.78, 5) is 0. The Labute approximate surface area is 92.9 Å². The van der Waals surface area contributed by atoms with Gasteiger partial charge in [-0.2, -0.15) is 0 Å². The van der Waals surface area contributed by atoms with E-state index in [0.717, 1.165) is 12.6 Å². The van der Waals surface area contributed by atoms with Gasteiger partial charge in [0.25, 0.3) is 0 Å². The number of rotatable bonds is 4. The summed E-state index contributed by atoms with van der Waals surface area (Å²) in [5.74, 6) is 0.630. The summed E-state index contributed by atoms with van der Waals surface area (Å²) in [7, 11) is 0. The SMILES string of the molecule is Cc1ccc(C)c(C(C)CNC2CC2)c1. The van der Waals surface area contributed by atoms with E-state index in [2.05, 4.69) is 44.3 Å². The Kier molecular flexibility index (Phi) is 3.11. The molecule has 1 fully saturated rings. The number of nitrogens with one attached hydrogen (secondary N) is 1. The third-order valence-corrected chi connectivity index (χ3v) is 3.26. The first-order valence-electron chi connectivity index (χ1n) is 5.97. The first-order valence-corrected chi connectivity index (χ1v) is 5.97. The zero-order valence-electron chi connectivity index (χ0n) is 10.0. The van der Waals surface area contributed by atoms with Crippen LogP contribution in [0.15, 0.2) is 18.2 Å². The Morgan fingerprint density at radius 2 is 2.07 bits per heavy atom. The van der Waals surface area contributed by atoms with Gasteiger partial charge in [0.05, 0.1) is 0 Å². The van der Waals surface area contributed by atoms with Crippen LogP contribution >= 0.6 is 0 Å². The lowest BCUT2D eigenvalue weighted by atomic mass is 9.94. The molecule has 82 valence electrons. The fourth-order valence-corrected chi connectivity index (χ4v) is 2.03. The Bertz CT molecular complexity index is 339. The fraction of sp³-hybridized carbons (Fsp3) is 0.571.